The van der Waals surface area contributed by atoms with Crippen LogP contribution in [0.2, 0.25) is 0 Å². The highest BCUT2D eigenvalue weighted by atomic mass is 19.1. The second-order valence-electron chi connectivity index (χ2n) is 6.26. The summed E-state index contributed by atoms with van der Waals surface area (Å²) in [6.45, 7) is 2.71. The number of carbonyl (C=O) groups excluding carboxylic acids is 1. The molecule has 28 heavy (non-hydrogen) atoms. The van der Waals surface area contributed by atoms with Crippen LogP contribution in [0.3, 0.4) is 0 Å². The van der Waals surface area contributed by atoms with Crippen molar-refractivity contribution in [2.24, 2.45) is 0 Å². The van der Waals surface area contributed by atoms with E-state index in [1.165, 1.54) is 23.9 Å². The lowest BCUT2D eigenvalue weighted by Crippen LogP contribution is -2.33. The summed E-state index contributed by atoms with van der Waals surface area (Å²) in [5.74, 6) is -0.463. The molecule has 8 heteroatoms. The van der Waals surface area contributed by atoms with Gasteiger partial charge in [-0.3, -0.25) is 9.59 Å². The molecule has 0 saturated heterocycles. The molecule has 0 atom stereocenters. The fourth-order valence-corrected chi connectivity index (χ4v) is 2.93. The van der Waals surface area contributed by atoms with Gasteiger partial charge in [0.05, 0.1) is 19.0 Å². The normalized spacial score (nSPS) is 10.8. The molecule has 1 aromatic heterocycles. The Morgan fingerprint density at radius 3 is 2.75 bits per heavy atom. The zero-order chi connectivity index (χ0) is 20.1. The largest absolute Gasteiger partial charge is 0.494 e. The highest BCUT2D eigenvalue weighted by molar-refractivity contribution is 5.77. The maximum atomic E-state index is 13.9. The number of aryl methyl sites for hydroxylation is 1. The number of fused-ring (bicyclic) bond motifs is 1. The van der Waals surface area contributed by atoms with Crippen LogP contribution < -0.4 is 10.3 Å². The van der Waals surface area contributed by atoms with Gasteiger partial charge in [-0.05, 0) is 36.8 Å². The molecule has 7 nitrogen and oxygen atoms in total. The Labute approximate surface area is 161 Å². The van der Waals surface area contributed by atoms with Crippen molar-refractivity contribution < 1.29 is 13.9 Å². The van der Waals surface area contributed by atoms with E-state index in [0.29, 0.717) is 23.0 Å². The topological polar surface area (TPSA) is 77.3 Å². The quantitative estimate of drug-likeness (QED) is 0.625. The monoisotopic (exact) mass is 384 g/mol. The lowest BCUT2D eigenvalue weighted by Gasteiger charge is -2.21. The van der Waals surface area contributed by atoms with Gasteiger partial charge < -0.3 is 9.64 Å². The molecule has 0 aliphatic heterocycles. The van der Waals surface area contributed by atoms with Crippen molar-refractivity contribution in [1.29, 1.82) is 0 Å². The molecule has 0 bridgehead atoms. The summed E-state index contributed by atoms with van der Waals surface area (Å²) in [4.78, 5) is 26.6. The summed E-state index contributed by atoms with van der Waals surface area (Å²) in [6.07, 6.45) is 0.0966. The highest BCUT2D eigenvalue weighted by Gasteiger charge is 2.15. The van der Waals surface area contributed by atoms with Crippen LogP contribution in [0.5, 0.6) is 5.75 Å². The van der Waals surface area contributed by atoms with Crippen molar-refractivity contribution in [2.45, 2.75) is 26.4 Å². The molecule has 0 N–H and O–H groups in total. The lowest BCUT2D eigenvalue weighted by molar-refractivity contribution is -0.131. The third kappa shape index (κ3) is 4.16. The number of methoxy groups -OCH3 is 1. The summed E-state index contributed by atoms with van der Waals surface area (Å²) in [7, 11) is 1.40. The van der Waals surface area contributed by atoms with E-state index >= 15 is 0 Å². The molecule has 0 aliphatic rings. The van der Waals surface area contributed by atoms with Crippen molar-refractivity contribution >= 4 is 16.8 Å². The molecule has 1 amide bonds. The Hall–Kier alpha value is -3.29. The van der Waals surface area contributed by atoms with Crippen LogP contribution in [0.1, 0.15) is 18.9 Å². The Morgan fingerprint density at radius 2 is 2.04 bits per heavy atom. The fourth-order valence-electron chi connectivity index (χ4n) is 2.93. The van der Waals surface area contributed by atoms with Gasteiger partial charge in [-0.2, -0.15) is 0 Å². The first kappa shape index (κ1) is 19.5. The fraction of sp³-hybridized carbons (Fsp3) is 0.300. The minimum Gasteiger partial charge on any atom is -0.494 e. The molecule has 0 spiro atoms. The number of halogens is 1. The van der Waals surface area contributed by atoms with Crippen LogP contribution in [0, 0.1) is 5.82 Å². The van der Waals surface area contributed by atoms with Gasteiger partial charge in [0.2, 0.25) is 5.91 Å². The molecule has 0 unspecified atom stereocenters. The number of aromatic nitrogens is 3. The van der Waals surface area contributed by atoms with Gasteiger partial charge in [0.1, 0.15) is 5.52 Å². The highest BCUT2D eigenvalue weighted by Crippen LogP contribution is 2.19. The summed E-state index contributed by atoms with van der Waals surface area (Å²) in [5, 5.41) is 8.38. The van der Waals surface area contributed by atoms with E-state index in [0.717, 1.165) is 0 Å². The Morgan fingerprint density at radius 1 is 1.25 bits per heavy atom. The van der Waals surface area contributed by atoms with Crippen molar-refractivity contribution in [2.75, 3.05) is 13.7 Å². The Balaban J connectivity index is 1.68. The maximum absolute atomic E-state index is 13.9. The predicted molar refractivity (Wildman–Crippen MR) is 102 cm³/mol. The minimum absolute atomic E-state index is 0.0966. The molecule has 2 aromatic carbocycles. The maximum Gasteiger partial charge on any atom is 0.277 e. The first-order valence-corrected chi connectivity index (χ1v) is 8.96. The Bertz CT molecular complexity index is 1050. The summed E-state index contributed by atoms with van der Waals surface area (Å²) < 4.78 is 20.0. The van der Waals surface area contributed by atoms with Gasteiger partial charge in [0.15, 0.2) is 11.6 Å². The average molecular weight is 384 g/mol. The molecule has 146 valence electrons. The van der Waals surface area contributed by atoms with E-state index in [-0.39, 0.29) is 36.7 Å². The van der Waals surface area contributed by atoms with Crippen molar-refractivity contribution in [3.05, 3.63) is 64.2 Å². The van der Waals surface area contributed by atoms with Gasteiger partial charge in [-0.1, -0.05) is 23.4 Å². The number of hydrogen-bond acceptors (Lipinski definition) is 5. The minimum atomic E-state index is -0.471. The van der Waals surface area contributed by atoms with Gasteiger partial charge in [0, 0.05) is 19.5 Å². The molecule has 1 heterocycles. The van der Waals surface area contributed by atoms with Crippen molar-refractivity contribution in [1.82, 2.24) is 19.9 Å². The molecular formula is C20H21FN4O3. The molecule has 0 aliphatic carbocycles. The molecule has 3 rings (SSSR count). The van der Waals surface area contributed by atoms with Crippen LogP contribution in [0.25, 0.3) is 10.9 Å². The number of amides is 1. The van der Waals surface area contributed by atoms with E-state index in [1.807, 2.05) is 6.92 Å². The zero-order valence-electron chi connectivity index (χ0n) is 15.8. The summed E-state index contributed by atoms with van der Waals surface area (Å²) in [6, 6.07) is 11.5. The van der Waals surface area contributed by atoms with Crippen LogP contribution >= 0.6 is 0 Å². The van der Waals surface area contributed by atoms with Gasteiger partial charge in [-0.25, -0.2) is 9.07 Å². The Kier molecular flexibility index (Phi) is 5.98. The average Bonchev–Trinajstić information content (AvgIpc) is 2.71. The number of carbonyl (C=O) groups is 1. The zero-order valence-corrected chi connectivity index (χ0v) is 15.8. The standard InChI is InChI=1S/C20H21FN4O3/c1-3-24(13-14-8-9-18(28-2)16(21)12-14)19(26)10-11-25-20(27)15-6-4-5-7-17(15)22-23-25/h4-9,12H,3,10-11,13H2,1-2H3. The first-order valence-electron chi connectivity index (χ1n) is 8.96. The molecular weight excluding hydrogens is 363 g/mol. The third-order valence-corrected chi connectivity index (χ3v) is 4.49. The SMILES string of the molecule is CCN(Cc1ccc(OC)c(F)c1)C(=O)CCn1nnc2ccccc2c1=O. The summed E-state index contributed by atoms with van der Waals surface area (Å²) >= 11 is 0. The molecule has 0 saturated carbocycles. The lowest BCUT2D eigenvalue weighted by atomic mass is 10.2. The third-order valence-electron chi connectivity index (χ3n) is 4.49. The van der Waals surface area contributed by atoms with E-state index in [9.17, 15) is 14.0 Å². The van der Waals surface area contributed by atoms with Crippen molar-refractivity contribution in [3.63, 3.8) is 0 Å². The number of nitrogens with zero attached hydrogens (tertiary/aromatic N) is 4. The summed E-state index contributed by atoms with van der Waals surface area (Å²) in [5.41, 5.74) is 0.904. The second-order valence-corrected chi connectivity index (χ2v) is 6.26. The van der Waals surface area contributed by atoms with Gasteiger partial charge in [0.25, 0.3) is 5.56 Å². The predicted octanol–water partition coefficient (Wildman–Crippen LogP) is 2.38. The number of rotatable bonds is 7. The van der Waals surface area contributed by atoms with Crippen LogP contribution in [-0.4, -0.2) is 39.5 Å². The van der Waals surface area contributed by atoms with E-state index < -0.39 is 5.82 Å². The van der Waals surface area contributed by atoms with Crippen molar-refractivity contribution in [3.8, 4) is 5.75 Å². The second kappa shape index (κ2) is 8.60. The van der Waals surface area contributed by atoms with Gasteiger partial charge in [-0.15, -0.1) is 5.10 Å². The van der Waals surface area contributed by atoms with E-state index in [2.05, 4.69) is 10.3 Å². The van der Waals surface area contributed by atoms with Gasteiger partial charge >= 0.3 is 0 Å². The number of benzene rings is 2. The molecule has 3 aromatic rings. The number of ether oxygens (including phenoxy) is 1. The molecule has 0 fully saturated rings. The van der Waals surface area contributed by atoms with E-state index in [1.54, 1.807) is 35.2 Å². The first-order chi connectivity index (χ1) is 13.5. The van der Waals surface area contributed by atoms with Crippen LogP contribution in [0.15, 0.2) is 47.3 Å². The number of hydrogen-bond donors (Lipinski definition) is 0. The van der Waals surface area contributed by atoms with Crippen LogP contribution in [0.4, 0.5) is 4.39 Å². The van der Waals surface area contributed by atoms with Crippen LogP contribution in [-0.2, 0) is 17.9 Å². The smallest absolute Gasteiger partial charge is 0.277 e. The van der Waals surface area contributed by atoms with E-state index in [4.69, 9.17) is 4.74 Å². The molecule has 0 radical (unpaired) electrons.